The normalized spacial score (nSPS) is 20.4. The molecule has 1 saturated carbocycles. The topological polar surface area (TPSA) is 26.0 Å². The third-order valence-electron chi connectivity index (χ3n) is 4.08. The van der Waals surface area contributed by atoms with Gasteiger partial charge in [0.15, 0.2) is 0 Å². The molecule has 0 aromatic heterocycles. The van der Waals surface area contributed by atoms with Crippen molar-refractivity contribution in [1.29, 1.82) is 0 Å². The average Bonchev–Trinajstić information content (AvgIpc) is 2.48. The summed E-state index contributed by atoms with van der Waals surface area (Å²) >= 11 is 0. The van der Waals surface area contributed by atoms with Crippen LogP contribution in [0.3, 0.4) is 0 Å². The van der Waals surface area contributed by atoms with E-state index in [0.29, 0.717) is 0 Å². The number of benzene rings is 1. The fraction of sp³-hybridized carbons (Fsp3) is 0.600. The number of nitrogens with two attached hydrogens (primary N) is 1. The van der Waals surface area contributed by atoms with Gasteiger partial charge in [0.1, 0.15) is 0 Å². The number of hydrogen-bond donors (Lipinski definition) is 1. The van der Waals surface area contributed by atoms with Crippen molar-refractivity contribution in [2.45, 2.75) is 57.9 Å². The summed E-state index contributed by atoms with van der Waals surface area (Å²) in [6.07, 6.45) is 7.56. The van der Waals surface area contributed by atoms with Gasteiger partial charge in [0.25, 0.3) is 0 Å². The molecule has 1 fully saturated rings. The zero-order chi connectivity index (χ0) is 11.6. The van der Waals surface area contributed by atoms with E-state index in [1.54, 1.807) is 0 Å². The summed E-state index contributed by atoms with van der Waals surface area (Å²) in [5.74, 6) is 0. The largest absolute Gasteiger partial charge is 0.321 e. The van der Waals surface area contributed by atoms with Crippen LogP contribution in [0, 0.1) is 13.8 Å². The highest BCUT2D eigenvalue weighted by atomic mass is 14.7. The second-order valence-electron chi connectivity index (χ2n) is 5.37. The molecule has 88 valence electrons. The molecule has 0 amide bonds. The first-order valence-electron chi connectivity index (χ1n) is 6.48. The lowest BCUT2D eigenvalue weighted by Crippen LogP contribution is -2.36. The Morgan fingerprint density at radius 3 is 2.12 bits per heavy atom. The smallest absolute Gasteiger partial charge is 0.0409 e. The van der Waals surface area contributed by atoms with Crippen LogP contribution in [0.15, 0.2) is 18.2 Å². The predicted octanol–water partition coefficient (Wildman–Crippen LogP) is 3.81. The van der Waals surface area contributed by atoms with Crippen molar-refractivity contribution in [2.75, 3.05) is 0 Å². The van der Waals surface area contributed by atoms with Gasteiger partial charge in [-0.2, -0.15) is 0 Å². The molecule has 1 aromatic rings. The summed E-state index contributed by atoms with van der Waals surface area (Å²) < 4.78 is 0. The van der Waals surface area contributed by atoms with Gasteiger partial charge in [0.2, 0.25) is 0 Å². The van der Waals surface area contributed by atoms with E-state index in [1.807, 2.05) is 0 Å². The molecule has 0 aliphatic heterocycles. The van der Waals surface area contributed by atoms with Crippen LogP contribution in [0.25, 0.3) is 0 Å². The van der Waals surface area contributed by atoms with Crippen LogP contribution in [0.5, 0.6) is 0 Å². The Hall–Kier alpha value is -0.820. The van der Waals surface area contributed by atoms with Crippen molar-refractivity contribution in [3.8, 4) is 0 Å². The summed E-state index contributed by atoms with van der Waals surface area (Å²) in [6, 6.07) is 6.73. The monoisotopic (exact) mass is 217 g/mol. The molecule has 1 heteroatoms. The van der Waals surface area contributed by atoms with Gasteiger partial charge in [-0.1, -0.05) is 43.9 Å². The Kier molecular flexibility index (Phi) is 3.34. The Morgan fingerprint density at radius 1 is 0.938 bits per heavy atom. The van der Waals surface area contributed by atoms with E-state index >= 15 is 0 Å². The van der Waals surface area contributed by atoms with Gasteiger partial charge in [0, 0.05) is 5.54 Å². The molecule has 16 heavy (non-hydrogen) atoms. The first-order chi connectivity index (χ1) is 7.62. The maximum Gasteiger partial charge on any atom is 0.0409 e. The minimum absolute atomic E-state index is 0.0606. The first-order valence-corrected chi connectivity index (χ1v) is 6.48. The Labute approximate surface area is 99.0 Å². The van der Waals surface area contributed by atoms with E-state index < -0.39 is 0 Å². The summed E-state index contributed by atoms with van der Waals surface area (Å²) in [6.45, 7) is 4.34. The van der Waals surface area contributed by atoms with Crippen molar-refractivity contribution >= 4 is 0 Å². The molecular formula is C15H23N. The van der Waals surface area contributed by atoms with Gasteiger partial charge in [-0.25, -0.2) is 0 Å². The minimum atomic E-state index is -0.0606. The van der Waals surface area contributed by atoms with Gasteiger partial charge < -0.3 is 5.73 Å². The molecule has 0 unspecified atom stereocenters. The van der Waals surface area contributed by atoms with Gasteiger partial charge in [-0.05, 0) is 43.4 Å². The average molecular weight is 217 g/mol. The predicted molar refractivity (Wildman–Crippen MR) is 69.5 cm³/mol. The van der Waals surface area contributed by atoms with E-state index in [9.17, 15) is 0 Å². The van der Waals surface area contributed by atoms with Gasteiger partial charge in [-0.15, -0.1) is 0 Å². The molecule has 0 spiro atoms. The third-order valence-corrected chi connectivity index (χ3v) is 4.08. The van der Waals surface area contributed by atoms with E-state index in [-0.39, 0.29) is 5.54 Å². The van der Waals surface area contributed by atoms with Gasteiger partial charge in [-0.3, -0.25) is 0 Å². The number of rotatable bonds is 1. The van der Waals surface area contributed by atoms with Gasteiger partial charge in [0.05, 0.1) is 0 Å². The molecule has 2 rings (SSSR count). The molecule has 0 bridgehead atoms. The molecule has 0 heterocycles. The van der Waals surface area contributed by atoms with Crippen molar-refractivity contribution in [1.82, 2.24) is 0 Å². The van der Waals surface area contributed by atoms with Crippen LogP contribution >= 0.6 is 0 Å². The van der Waals surface area contributed by atoms with Crippen LogP contribution in [-0.4, -0.2) is 0 Å². The van der Waals surface area contributed by atoms with Crippen LogP contribution in [0.4, 0.5) is 0 Å². The minimum Gasteiger partial charge on any atom is -0.321 e. The fourth-order valence-corrected chi connectivity index (χ4v) is 2.70. The second-order valence-corrected chi connectivity index (χ2v) is 5.37. The lowest BCUT2D eigenvalue weighted by molar-refractivity contribution is 0.385. The van der Waals surface area contributed by atoms with E-state index in [1.165, 1.54) is 42.4 Å². The lowest BCUT2D eigenvalue weighted by atomic mass is 9.83. The maximum absolute atomic E-state index is 6.60. The SMILES string of the molecule is Cc1ccc(C2(N)CCCCCC2)cc1C. The van der Waals surface area contributed by atoms with Crippen molar-refractivity contribution < 1.29 is 0 Å². The standard InChI is InChI=1S/C15H23N/c1-12-7-8-14(11-13(12)2)15(16)9-5-3-4-6-10-15/h7-8,11H,3-6,9-10,16H2,1-2H3. The van der Waals surface area contributed by atoms with Crippen molar-refractivity contribution in [3.63, 3.8) is 0 Å². The Morgan fingerprint density at radius 2 is 1.56 bits per heavy atom. The summed E-state index contributed by atoms with van der Waals surface area (Å²) in [5, 5.41) is 0. The molecular weight excluding hydrogens is 194 g/mol. The Balaban J connectivity index is 2.29. The zero-order valence-electron chi connectivity index (χ0n) is 10.6. The fourth-order valence-electron chi connectivity index (χ4n) is 2.70. The van der Waals surface area contributed by atoms with Crippen molar-refractivity contribution in [3.05, 3.63) is 34.9 Å². The summed E-state index contributed by atoms with van der Waals surface area (Å²) in [7, 11) is 0. The zero-order valence-corrected chi connectivity index (χ0v) is 10.6. The Bertz CT molecular complexity index is 360. The molecule has 1 nitrogen and oxygen atoms in total. The molecule has 1 aliphatic carbocycles. The van der Waals surface area contributed by atoms with Crippen LogP contribution < -0.4 is 5.73 Å². The molecule has 2 N–H and O–H groups in total. The summed E-state index contributed by atoms with van der Waals surface area (Å²) in [5.41, 5.74) is 10.6. The molecule has 0 radical (unpaired) electrons. The van der Waals surface area contributed by atoms with E-state index in [0.717, 1.165) is 12.8 Å². The van der Waals surface area contributed by atoms with Crippen LogP contribution in [-0.2, 0) is 5.54 Å². The quantitative estimate of drug-likeness (QED) is 0.711. The first kappa shape index (κ1) is 11.7. The molecule has 0 saturated heterocycles. The highest BCUT2D eigenvalue weighted by Crippen LogP contribution is 2.34. The van der Waals surface area contributed by atoms with E-state index in [2.05, 4.69) is 32.0 Å². The molecule has 0 atom stereocenters. The highest BCUT2D eigenvalue weighted by molar-refractivity contribution is 5.34. The molecule has 1 aromatic carbocycles. The maximum atomic E-state index is 6.60. The highest BCUT2D eigenvalue weighted by Gasteiger charge is 2.28. The van der Waals surface area contributed by atoms with Crippen LogP contribution in [0.1, 0.15) is 55.2 Å². The van der Waals surface area contributed by atoms with E-state index in [4.69, 9.17) is 5.73 Å². The van der Waals surface area contributed by atoms with Gasteiger partial charge >= 0.3 is 0 Å². The molecule has 1 aliphatic rings. The number of aryl methyl sites for hydroxylation is 2. The van der Waals surface area contributed by atoms with Crippen LogP contribution in [0.2, 0.25) is 0 Å². The third kappa shape index (κ3) is 2.30. The van der Waals surface area contributed by atoms with Crippen molar-refractivity contribution in [2.24, 2.45) is 5.73 Å². The lowest BCUT2D eigenvalue weighted by Gasteiger charge is -2.29. The summed E-state index contributed by atoms with van der Waals surface area (Å²) in [4.78, 5) is 0. The second kappa shape index (κ2) is 4.58. The number of hydrogen-bond acceptors (Lipinski definition) is 1.